The van der Waals surface area contributed by atoms with E-state index in [1.54, 1.807) is 0 Å². The van der Waals surface area contributed by atoms with Crippen LogP contribution < -0.4 is 10.1 Å². The Kier molecular flexibility index (Phi) is 4.78. The van der Waals surface area contributed by atoms with Crippen molar-refractivity contribution in [3.05, 3.63) is 47.9 Å². The molecule has 1 aromatic carbocycles. The van der Waals surface area contributed by atoms with Crippen LogP contribution in [0.5, 0.6) is 5.75 Å². The third kappa shape index (κ3) is 4.45. The molecule has 112 valence electrons. The van der Waals surface area contributed by atoms with E-state index in [2.05, 4.69) is 43.0 Å². The highest BCUT2D eigenvalue weighted by Gasteiger charge is 2.18. The number of hydrogen-bond donors (Lipinski definition) is 1. The molecule has 0 aliphatic carbocycles. The first kappa shape index (κ1) is 15.3. The topological polar surface area (TPSA) is 47.0 Å². The highest BCUT2D eigenvalue weighted by atomic mass is 16.5. The summed E-state index contributed by atoms with van der Waals surface area (Å²) in [6, 6.07) is 11.7. The molecule has 0 saturated carbocycles. The number of anilines is 1. The van der Waals surface area contributed by atoms with Crippen LogP contribution in [0.3, 0.4) is 0 Å². The largest absolute Gasteiger partial charge is 0.486 e. The van der Waals surface area contributed by atoms with Gasteiger partial charge in [0, 0.05) is 18.0 Å². The maximum absolute atomic E-state index is 5.74. The Morgan fingerprint density at radius 2 is 1.81 bits per heavy atom. The van der Waals surface area contributed by atoms with Crippen molar-refractivity contribution in [2.75, 3.05) is 11.9 Å². The molecule has 0 aliphatic rings. The second-order valence-corrected chi connectivity index (χ2v) is 5.94. The smallest absolute Gasteiger partial charge is 0.168 e. The Morgan fingerprint density at radius 1 is 1.10 bits per heavy atom. The molecule has 0 saturated heterocycles. The molecule has 0 atom stereocenters. The molecule has 0 radical (unpaired) electrons. The molecule has 4 heteroatoms. The van der Waals surface area contributed by atoms with Crippen molar-refractivity contribution in [1.29, 1.82) is 0 Å². The van der Waals surface area contributed by atoms with E-state index in [0.29, 0.717) is 12.4 Å². The number of ether oxygens (including phenoxy) is 1. The van der Waals surface area contributed by atoms with E-state index in [-0.39, 0.29) is 5.41 Å². The minimum absolute atomic E-state index is 0.0192. The van der Waals surface area contributed by atoms with Crippen molar-refractivity contribution < 1.29 is 4.74 Å². The van der Waals surface area contributed by atoms with Gasteiger partial charge in [-0.15, -0.1) is 0 Å². The van der Waals surface area contributed by atoms with E-state index in [9.17, 15) is 0 Å². The molecular weight excluding hydrogens is 262 g/mol. The van der Waals surface area contributed by atoms with Gasteiger partial charge in [-0.05, 0) is 19.1 Å². The Bertz CT molecular complexity index is 576. The van der Waals surface area contributed by atoms with Crippen molar-refractivity contribution in [3.63, 3.8) is 0 Å². The molecule has 2 rings (SSSR count). The predicted octanol–water partition coefficient (Wildman–Crippen LogP) is 3.78. The predicted molar refractivity (Wildman–Crippen MR) is 85.7 cm³/mol. The molecule has 0 amide bonds. The van der Waals surface area contributed by atoms with Crippen molar-refractivity contribution in [3.8, 4) is 5.75 Å². The molecule has 0 spiro atoms. The number of nitrogens with one attached hydrogen (secondary N) is 1. The standard InChI is InChI=1S/C17H23N3O/c1-5-18-15-11-14(17(2,3)4)19-16(20-15)12-21-13-9-7-6-8-10-13/h6-11H,5,12H2,1-4H3,(H,18,19,20). The Hall–Kier alpha value is -2.10. The van der Waals surface area contributed by atoms with Crippen LogP contribution in [0.2, 0.25) is 0 Å². The number of hydrogen-bond acceptors (Lipinski definition) is 4. The summed E-state index contributed by atoms with van der Waals surface area (Å²) in [5.74, 6) is 2.37. The molecule has 1 N–H and O–H groups in total. The van der Waals surface area contributed by atoms with Crippen molar-refractivity contribution in [1.82, 2.24) is 9.97 Å². The SMILES string of the molecule is CCNc1cc(C(C)(C)C)nc(COc2ccccc2)n1. The number of benzene rings is 1. The van der Waals surface area contributed by atoms with Gasteiger partial charge < -0.3 is 10.1 Å². The summed E-state index contributed by atoms with van der Waals surface area (Å²) < 4.78 is 5.74. The van der Waals surface area contributed by atoms with Crippen LogP contribution in [0.4, 0.5) is 5.82 Å². The molecule has 1 heterocycles. The quantitative estimate of drug-likeness (QED) is 0.908. The lowest BCUT2D eigenvalue weighted by Crippen LogP contribution is -2.17. The van der Waals surface area contributed by atoms with Crippen LogP contribution in [0.1, 0.15) is 39.2 Å². The number of rotatable bonds is 5. The van der Waals surface area contributed by atoms with E-state index in [4.69, 9.17) is 4.74 Å². The van der Waals surface area contributed by atoms with Gasteiger partial charge in [0.15, 0.2) is 5.82 Å². The van der Waals surface area contributed by atoms with Crippen LogP contribution >= 0.6 is 0 Å². The zero-order valence-corrected chi connectivity index (χ0v) is 13.2. The third-order valence-corrected chi connectivity index (χ3v) is 3.01. The van der Waals surface area contributed by atoms with Crippen molar-refractivity contribution in [2.24, 2.45) is 0 Å². The lowest BCUT2D eigenvalue weighted by atomic mass is 9.92. The summed E-state index contributed by atoms with van der Waals surface area (Å²) >= 11 is 0. The molecule has 21 heavy (non-hydrogen) atoms. The first-order valence-corrected chi connectivity index (χ1v) is 7.29. The van der Waals surface area contributed by atoms with Crippen LogP contribution in [0, 0.1) is 0 Å². The molecular formula is C17H23N3O. The van der Waals surface area contributed by atoms with Gasteiger partial charge in [-0.25, -0.2) is 9.97 Å². The third-order valence-electron chi connectivity index (χ3n) is 3.01. The molecule has 0 aliphatic heterocycles. The summed E-state index contributed by atoms with van der Waals surface area (Å²) in [5, 5.41) is 3.25. The van der Waals surface area contributed by atoms with Crippen LogP contribution in [-0.4, -0.2) is 16.5 Å². The molecule has 2 aromatic rings. The van der Waals surface area contributed by atoms with Crippen LogP contribution in [-0.2, 0) is 12.0 Å². The van der Waals surface area contributed by atoms with Gasteiger partial charge in [-0.3, -0.25) is 0 Å². The second kappa shape index (κ2) is 6.57. The first-order chi connectivity index (χ1) is 9.99. The van der Waals surface area contributed by atoms with Crippen LogP contribution in [0.25, 0.3) is 0 Å². The Morgan fingerprint density at radius 3 is 2.43 bits per heavy atom. The maximum Gasteiger partial charge on any atom is 0.168 e. The maximum atomic E-state index is 5.74. The van der Waals surface area contributed by atoms with Gasteiger partial charge in [-0.1, -0.05) is 39.0 Å². The molecule has 0 fully saturated rings. The normalized spacial score (nSPS) is 11.2. The summed E-state index contributed by atoms with van der Waals surface area (Å²) in [7, 11) is 0. The molecule has 0 unspecified atom stereocenters. The van der Waals surface area contributed by atoms with Crippen LogP contribution in [0.15, 0.2) is 36.4 Å². The van der Waals surface area contributed by atoms with Gasteiger partial charge >= 0.3 is 0 Å². The molecule has 0 bridgehead atoms. The monoisotopic (exact) mass is 285 g/mol. The van der Waals surface area contributed by atoms with Gasteiger partial charge in [0.2, 0.25) is 0 Å². The fourth-order valence-electron chi connectivity index (χ4n) is 1.88. The highest BCUT2D eigenvalue weighted by Crippen LogP contribution is 2.22. The average molecular weight is 285 g/mol. The Labute approximate surface area is 126 Å². The first-order valence-electron chi connectivity index (χ1n) is 7.29. The fraction of sp³-hybridized carbons (Fsp3) is 0.412. The van der Waals surface area contributed by atoms with Gasteiger partial charge in [0.1, 0.15) is 18.2 Å². The lowest BCUT2D eigenvalue weighted by molar-refractivity contribution is 0.295. The van der Waals surface area contributed by atoms with Crippen molar-refractivity contribution >= 4 is 5.82 Å². The fourth-order valence-corrected chi connectivity index (χ4v) is 1.88. The zero-order valence-electron chi connectivity index (χ0n) is 13.2. The lowest BCUT2D eigenvalue weighted by Gasteiger charge is -2.19. The van der Waals surface area contributed by atoms with E-state index in [1.807, 2.05) is 36.4 Å². The summed E-state index contributed by atoms with van der Waals surface area (Å²) in [4.78, 5) is 9.13. The van der Waals surface area contributed by atoms with E-state index in [1.165, 1.54) is 0 Å². The minimum atomic E-state index is -0.0192. The highest BCUT2D eigenvalue weighted by molar-refractivity contribution is 5.38. The molecule has 4 nitrogen and oxygen atoms in total. The average Bonchev–Trinajstić information content (AvgIpc) is 2.45. The second-order valence-electron chi connectivity index (χ2n) is 5.94. The van der Waals surface area contributed by atoms with E-state index < -0.39 is 0 Å². The number of nitrogens with zero attached hydrogens (tertiary/aromatic N) is 2. The number of para-hydroxylation sites is 1. The van der Waals surface area contributed by atoms with E-state index >= 15 is 0 Å². The zero-order chi connectivity index (χ0) is 15.3. The van der Waals surface area contributed by atoms with E-state index in [0.717, 1.165) is 23.8 Å². The van der Waals surface area contributed by atoms with Crippen molar-refractivity contribution in [2.45, 2.75) is 39.7 Å². The summed E-state index contributed by atoms with van der Waals surface area (Å²) in [6.07, 6.45) is 0. The molecule has 1 aromatic heterocycles. The summed E-state index contributed by atoms with van der Waals surface area (Å²) in [6.45, 7) is 9.69. The van der Waals surface area contributed by atoms with Gasteiger partial charge in [0.25, 0.3) is 0 Å². The Balaban J connectivity index is 2.19. The summed E-state index contributed by atoms with van der Waals surface area (Å²) in [5.41, 5.74) is 0.995. The number of aromatic nitrogens is 2. The minimum Gasteiger partial charge on any atom is -0.486 e. The van der Waals surface area contributed by atoms with Gasteiger partial charge in [0.05, 0.1) is 5.69 Å². The van der Waals surface area contributed by atoms with Gasteiger partial charge in [-0.2, -0.15) is 0 Å².